The van der Waals surface area contributed by atoms with Crippen LogP contribution in [0.15, 0.2) is 113 Å². The molecule has 2 fully saturated rings. The molecule has 81 heavy (non-hydrogen) atoms. The van der Waals surface area contributed by atoms with Crippen LogP contribution < -0.4 is 16.0 Å². The Labute approximate surface area is 511 Å². The first-order valence-corrected chi connectivity index (χ1v) is 29.7. The van der Waals surface area contributed by atoms with Gasteiger partial charge in [-0.1, -0.05) is 65.7 Å². The molecule has 6 heterocycles. The number of aliphatic hydroxyl groups excluding tert-OH is 1. The number of ether oxygens (including phenoxy) is 1. The van der Waals surface area contributed by atoms with E-state index in [-0.39, 0.29) is 53.5 Å². The minimum atomic E-state index is -1.25. The van der Waals surface area contributed by atoms with E-state index in [4.69, 9.17) is 37.9 Å². The number of rotatable bonds is 14. The Balaban J connectivity index is 0.000000199. The Bertz CT molecular complexity index is 3220. The summed E-state index contributed by atoms with van der Waals surface area (Å²) in [6.45, 7) is 14.0. The number of nitrogens with zero attached hydrogens (tertiary/aromatic N) is 9. The highest BCUT2D eigenvalue weighted by Gasteiger charge is 2.41. The third kappa shape index (κ3) is 14.7. The molecule has 2 aliphatic carbocycles. The lowest BCUT2D eigenvalue weighted by atomic mass is 9.95. The lowest BCUT2D eigenvalue weighted by molar-refractivity contribution is -0.222. The topological polar surface area (TPSA) is 171 Å². The molecule has 21 heteroatoms. The van der Waals surface area contributed by atoms with Gasteiger partial charge in [-0.15, -0.1) is 17.0 Å². The lowest BCUT2D eigenvalue weighted by Gasteiger charge is -2.45. The van der Waals surface area contributed by atoms with Crippen molar-refractivity contribution in [2.45, 2.75) is 104 Å². The number of aromatic nitrogens is 6. The highest BCUT2D eigenvalue weighted by atomic mass is 79.9. The summed E-state index contributed by atoms with van der Waals surface area (Å²) in [5, 5.41) is 22.4. The fourth-order valence-corrected chi connectivity index (χ4v) is 12.9. The summed E-state index contributed by atoms with van der Waals surface area (Å²) in [6.07, 6.45) is 9.98. The fraction of sp³-hybridized carbons (Fsp3) is 0.400. The van der Waals surface area contributed by atoms with E-state index < -0.39 is 12.5 Å². The number of nitrogens with one attached hydrogen (secondary N) is 3. The molecule has 428 valence electrons. The molecule has 7 aromatic rings. The first kappa shape index (κ1) is 60.7. The molecule has 3 unspecified atom stereocenters. The lowest BCUT2D eigenvalue weighted by Crippen LogP contribution is -2.62. The van der Waals surface area contributed by atoms with Crippen LogP contribution in [0.1, 0.15) is 85.5 Å². The van der Waals surface area contributed by atoms with Crippen molar-refractivity contribution in [1.29, 1.82) is 0 Å². The molecule has 5 atom stereocenters. The van der Waals surface area contributed by atoms with E-state index in [1.54, 1.807) is 4.90 Å². The van der Waals surface area contributed by atoms with Gasteiger partial charge in [0.05, 0.1) is 47.5 Å². The van der Waals surface area contributed by atoms with Gasteiger partial charge < -0.3 is 34.9 Å². The van der Waals surface area contributed by atoms with E-state index in [1.807, 2.05) is 106 Å². The van der Waals surface area contributed by atoms with Gasteiger partial charge in [-0.3, -0.25) is 29.4 Å². The largest absolute Gasteiger partial charge is 0.356 e. The molecule has 3 aromatic carbocycles. The van der Waals surface area contributed by atoms with Crippen molar-refractivity contribution in [2.24, 2.45) is 0 Å². The molecule has 2 saturated heterocycles. The van der Waals surface area contributed by atoms with Gasteiger partial charge in [-0.05, 0) is 161 Å². The third-order valence-corrected chi connectivity index (χ3v) is 17.0. The molecule has 11 rings (SSSR count). The molecule has 0 radical (unpaired) electrons. The highest BCUT2D eigenvalue weighted by Crippen LogP contribution is 2.40. The van der Waals surface area contributed by atoms with Crippen molar-refractivity contribution < 1.29 is 19.4 Å². The number of fused-ring (bicyclic) bond motifs is 4. The van der Waals surface area contributed by atoms with E-state index in [0.29, 0.717) is 57.4 Å². The summed E-state index contributed by atoms with van der Waals surface area (Å²) in [4.78, 5) is 52.2. The third-order valence-electron chi connectivity index (χ3n) is 15.6. The predicted octanol–water partition coefficient (Wildman–Crippen LogP) is 8.96. The van der Waals surface area contributed by atoms with Crippen LogP contribution in [0, 0.1) is 27.7 Å². The minimum absolute atomic E-state index is 0. The maximum absolute atomic E-state index is 13.9. The summed E-state index contributed by atoms with van der Waals surface area (Å²) in [7, 11) is 0. The zero-order valence-corrected chi connectivity index (χ0v) is 52.3. The van der Waals surface area contributed by atoms with E-state index in [0.717, 1.165) is 98.3 Å². The van der Waals surface area contributed by atoms with Gasteiger partial charge in [0.2, 0.25) is 18.2 Å². The van der Waals surface area contributed by atoms with Crippen LogP contribution in [0.4, 0.5) is 0 Å². The van der Waals surface area contributed by atoms with Gasteiger partial charge >= 0.3 is 0 Å². The van der Waals surface area contributed by atoms with Crippen molar-refractivity contribution in [3.05, 3.63) is 196 Å². The number of pyridine rings is 2. The average molecular weight is 1330 g/mol. The minimum Gasteiger partial charge on any atom is -0.356 e. The molecular formula is C60H69Br3Cl2N12O4. The van der Waals surface area contributed by atoms with Crippen LogP contribution in [0.25, 0.3) is 0 Å². The summed E-state index contributed by atoms with van der Waals surface area (Å²) in [5.41, 5.74) is 12.2. The van der Waals surface area contributed by atoms with Gasteiger partial charge in [0.15, 0.2) is 0 Å². The number of amides is 2. The van der Waals surface area contributed by atoms with Gasteiger partial charge in [-0.25, -0.2) is 14.9 Å². The predicted molar refractivity (Wildman–Crippen MR) is 328 cm³/mol. The summed E-state index contributed by atoms with van der Waals surface area (Å²) < 4.78 is 12.0. The number of aryl methyl sites for hydroxylation is 8. The van der Waals surface area contributed by atoms with Crippen molar-refractivity contribution in [3.63, 3.8) is 0 Å². The van der Waals surface area contributed by atoms with Crippen LogP contribution in [0.5, 0.6) is 0 Å². The molecule has 2 aliphatic heterocycles. The Morgan fingerprint density at radius 3 is 1.74 bits per heavy atom. The van der Waals surface area contributed by atoms with Gasteiger partial charge in [0, 0.05) is 109 Å². The number of hydrogen-bond donors (Lipinski definition) is 4. The summed E-state index contributed by atoms with van der Waals surface area (Å²) in [5.74, 6) is 1.73. The van der Waals surface area contributed by atoms with E-state index >= 15 is 0 Å². The number of aliphatic hydroxyl groups is 1. The Morgan fingerprint density at radius 2 is 1.21 bits per heavy atom. The molecular weight excluding hydrogens is 1260 g/mol. The normalized spacial score (nSPS) is 19.5. The molecule has 4 N–H and O–H groups in total. The zero-order valence-electron chi connectivity index (χ0n) is 45.9. The average Bonchev–Trinajstić information content (AvgIpc) is 4.08. The van der Waals surface area contributed by atoms with Crippen LogP contribution in [-0.2, 0) is 59.7 Å². The van der Waals surface area contributed by atoms with Gasteiger partial charge in [0.25, 0.3) is 0 Å². The monoisotopic (exact) mass is 1330 g/mol. The first-order valence-electron chi connectivity index (χ1n) is 27.4. The number of benzene rings is 3. The van der Waals surface area contributed by atoms with E-state index in [1.165, 1.54) is 27.8 Å². The second-order valence-electron chi connectivity index (χ2n) is 21.1. The van der Waals surface area contributed by atoms with Crippen molar-refractivity contribution in [1.82, 2.24) is 59.7 Å². The van der Waals surface area contributed by atoms with Crippen molar-refractivity contribution in [2.75, 3.05) is 52.4 Å². The fourth-order valence-electron chi connectivity index (χ4n) is 11.8. The SMILES string of the molecule is Br.Cc1cn(CCNC(=O)[C@H]2CN(C3c4ccc(Cl)cc4CCc4cc(Br)cnc43)CCN2)c(C)n1.Cc1cn(CCNC(=O)[C@H]2CN(C3c4ccc(Cl)cc4CCc4cc(Br)cnc43)CCN2C(O)OCc2ccccc2)c(C)n1. The number of piperazine rings is 2. The van der Waals surface area contributed by atoms with Crippen LogP contribution in [0.3, 0.4) is 0 Å². The molecule has 16 nitrogen and oxygen atoms in total. The van der Waals surface area contributed by atoms with Crippen LogP contribution >= 0.6 is 72.0 Å². The van der Waals surface area contributed by atoms with Gasteiger partial charge in [0.1, 0.15) is 17.7 Å². The smallest absolute Gasteiger partial charge is 0.238 e. The summed E-state index contributed by atoms with van der Waals surface area (Å²) in [6, 6.07) is 25.2. The number of imidazole rings is 2. The molecule has 0 saturated carbocycles. The molecule has 4 aliphatic rings. The number of carbonyl (C=O) groups is 2. The molecule has 4 aromatic heterocycles. The second-order valence-corrected chi connectivity index (χ2v) is 23.8. The van der Waals surface area contributed by atoms with Crippen LogP contribution in [0.2, 0.25) is 10.0 Å². The zero-order chi connectivity index (χ0) is 56.0. The standard InChI is InChI=1S/C34H38BrClN6O3.C26H30BrClN6O.BrH/c1-22-19-40(23(2)39-22)13-12-37-33(43)30-20-41(14-15-42(30)34(44)45-21-24-6-4-3-5-7-24)32-29-11-10-28(36)17-25(29)8-9-26-16-27(35)18-38-31(26)32;1-16-14-33(17(2)32-16)9-8-30-26(35)23-15-34(10-7-29-23)25-22-6-5-21(28)12-18(22)3-4-19-11-20(27)13-31-24(19)25;/h3-7,10-11,16-19,30,32,34,44H,8-9,12-15,20-21H2,1-2H3,(H,37,43);5-6,11-14,23,25,29H,3-4,7-10,15H2,1-2H3,(H,30,35);1H/t30-,32?,34?;23-,25?;/m11./s1. The number of halogens is 5. The van der Waals surface area contributed by atoms with Crippen LogP contribution in [-0.4, -0.2) is 132 Å². The van der Waals surface area contributed by atoms with Crippen molar-refractivity contribution >= 4 is 83.9 Å². The van der Waals surface area contributed by atoms with E-state index in [2.05, 4.69) is 102 Å². The number of hydrogen-bond acceptors (Lipinski definition) is 12. The Kier molecular flexibility index (Phi) is 20.7. The summed E-state index contributed by atoms with van der Waals surface area (Å²) >= 11 is 20.0. The maximum Gasteiger partial charge on any atom is 0.238 e. The van der Waals surface area contributed by atoms with Gasteiger partial charge in [-0.2, -0.15) is 0 Å². The first-order chi connectivity index (χ1) is 38.6. The Morgan fingerprint density at radius 1 is 0.691 bits per heavy atom. The molecule has 2 amide bonds. The highest BCUT2D eigenvalue weighted by molar-refractivity contribution is 9.10. The second kappa shape index (κ2) is 27.7. The number of carbonyl (C=O) groups excluding carboxylic acids is 2. The maximum atomic E-state index is 13.9. The van der Waals surface area contributed by atoms with E-state index in [9.17, 15) is 14.7 Å². The molecule has 0 bridgehead atoms. The molecule has 0 spiro atoms. The Hall–Kier alpha value is -4.90. The quantitative estimate of drug-likeness (QED) is 0.0764. The van der Waals surface area contributed by atoms with Crippen molar-refractivity contribution in [3.8, 4) is 0 Å².